The third kappa shape index (κ3) is 2.97. The van der Waals surface area contributed by atoms with E-state index in [1.807, 2.05) is 0 Å². The summed E-state index contributed by atoms with van der Waals surface area (Å²) in [7, 11) is 0. The number of ketones is 1. The van der Waals surface area contributed by atoms with Gasteiger partial charge in [-0.2, -0.15) is 0 Å². The number of carbonyl (C=O) groups excluding carboxylic acids is 1. The number of aromatic nitrogens is 1. The van der Waals surface area contributed by atoms with Gasteiger partial charge in [0.15, 0.2) is 0 Å². The molecule has 2 nitrogen and oxygen atoms in total. The molecule has 4 heteroatoms. The number of nitrogens with zero attached hydrogens (tertiary/aromatic N) is 1. The molecule has 2 rings (SSSR count). The molecule has 1 heterocycles. The van der Waals surface area contributed by atoms with Crippen LogP contribution < -0.4 is 0 Å². The van der Waals surface area contributed by atoms with Crippen LogP contribution in [0.2, 0.25) is 10.0 Å². The zero-order valence-electron chi connectivity index (χ0n) is 9.31. The van der Waals surface area contributed by atoms with Crippen LogP contribution in [0.25, 0.3) is 6.08 Å². The Hall–Kier alpha value is -1.64. The van der Waals surface area contributed by atoms with E-state index >= 15 is 0 Å². The van der Waals surface area contributed by atoms with Crippen molar-refractivity contribution in [1.29, 1.82) is 0 Å². The smallest absolute Gasteiger partial charge is 0.204 e. The monoisotopic (exact) mass is 277 g/mol. The van der Waals surface area contributed by atoms with E-state index in [4.69, 9.17) is 23.2 Å². The number of carbonyl (C=O) groups is 1. The number of hydrogen-bond acceptors (Lipinski definition) is 2. The third-order valence-corrected chi connectivity index (χ3v) is 2.98. The van der Waals surface area contributed by atoms with Crippen LogP contribution in [0.3, 0.4) is 0 Å². The van der Waals surface area contributed by atoms with Gasteiger partial charge >= 0.3 is 0 Å². The standard InChI is InChI=1S/C14H9Cl2NO/c15-11-4-3-5-12(16)10(11)7-8-14(18)13-6-1-2-9-17-13/h1-9H. The van der Waals surface area contributed by atoms with Crippen molar-refractivity contribution >= 4 is 35.1 Å². The summed E-state index contributed by atoms with van der Waals surface area (Å²) >= 11 is 12.0. The minimum Gasteiger partial charge on any atom is -0.288 e. The van der Waals surface area contributed by atoms with Crippen LogP contribution in [0.1, 0.15) is 16.1 Å². The second-order valence-corrected chi connectivity index (χ2v) is 4.36. The Morgan fingerprint density at radius 1 is 1.06 bits per heavy atom. The highest BCUT2D eigenvalue weighted by molar-refractivity contribution is 6.37. The first-order chi connectivity index (χ1) is 8.68. The highest BCUT2D eigenvalue weighted by Crippen LogP contribution is 2.25. The maximum absolute atomic E-state index is 11.8. The van der Waals surface area contributed by atoms with E-state index in [-0.39, 0.29) is 5.78 Å². The van der Waals surface area contributed by atoms with Crippen LogP contribution in [0.15, 0.2) is 48.7 Å². The number of pyridine rings is 1. The molecule has 0 aliphatic rings. The van der Waals surface area contributed by atoms with Crippen molar-refractivity contribution in [3.63, 3.8) is 0 Å². The van der Waals surface area contributed by atoms with Crippen molar-refractivity contribution in [3.8, 4) is 0 Å². The fourth-order valence-corrected chi connectivity index (χ4v) is 1.95. The number of halogens is 2. The molecule has 0 aliphatic carbocycles. The molecule has 0 spiro atoms. The van der Waals surface area contributed by atoms with Gasteiger partial charge in [0.2, 0.25) is 5.78 Å². The lowest BCUT2D eigenvalue weighted by atomic mass is 10.1. The molecule has 2 aromatic rings. The lowest BCUT2D eigenvalue weighted by Crippen LogP contribution is -1.96. The van der Waals surface area contributed by atoms with Gasteiger partial charge in [0.05, 0.1) is 0 Å². The van der Waals surface area contributed by atoms with E-state index < -0.39 is 0 Å². The van der Waals surface area contributed by atoms with E-state index in [9.17, 15) is 4.79 Å². The zero-order chi connectivity index (χ0) is 13.0. The van der Waals surface area contributed by atoms with Gasteiger partial charge in [0.1, 0.15) is 5.69 Å². The fraction of sp³-hybridized carbons (Fsp3) is 0. The van der Waals surface area contributed by atoms with Crippen molar-refractivity contribution in [2.75, 3.05) is 0 Å². The third-order valence-electron chi connectivity index (χ3n) is 2.32. The molecule has 0 amide bonds. The predicted octanol–water partition coefficient (Wildman–Crippen LogP) is 4.28. The maximum atomic E-state index is 11.8. The highest BCUT2D eigenvalue weighted by atomic mass is 35.5. The highest BCUT2D eigenvalue weighted by Gasteiger charge is 2.04. The topological polar surface area (TPSA) is 30.0 Å². The molecule has 18 heavy (non-hydrogen) atoms. The normalized spacial score (nSPS) is 10.8. The second kappa shape index (κ2) is 5.80. The molecule has 0 saturated carbocycles. The van der Waals surface area contributed by atoms with Crippen molar-refractivity contribution in [2.45, 2.75) is 0 Å². The van der Waals surface area contributed by atoms with Crippen LogP contribution >= 0.6 is 23.2 Å². The molecule has 0 bridgehead atoms. The molecule has 0 saturated heterocycles. The largest absolute Gasteiger partial charge is 0.288 e. The summed E-state index contributed by atoms with van der Waals surface area (Å²) in [6, 6.07) is 10.4. The molecule has 0 atom stereocenters. The quantitative estimate of drug-likeness (QED) is 0.619. The van der Waals surface area contributed by atoms with Crippen LogP contribution in [-0.2, 0) is 0 Å². The molecule has 1 aromatic heterocycles. The number of hydrogen-bond donors (Lipinski definition) is 0. The van der Waals surface area contributed by atoms with E-state index in [1.54, 1.807) is 48.7 Å². The van der Waals surface area contributed by atoms with Gasteiger partial charge in [0, 0.05) is 21.8 Å². The molecular formula is C14H9Cl2NO. The minimum atomic E-state index is -0.188. The lowest BCUT2D eigenvalue weighted by molar-refractivity contribution is 0.104. The van der Waals surface area contributed by atoms with Crippen LogP contribution in [-0.4, -0.2) is 10.8 Å². The van der Waals surface area contributed by atoms with Crippen molar-refractivity contribution < 1.29 is 4.79 Å². The van der Waals surface area contributed by atoms with Gasteiger partial charge in [-0.05, 0) is 36.4 Å². The van der Waals surface area contributed by atoms with Gasteiger partial charge in [-0.3, -0.25) is 9.78 Å². The van der Waals surface area contributed by atoms with Gasteiger partial charge < -0.3 is 0 Å². The Kier molecular flexibility index (Phi) is 4.13. The van der Waals surface area contributed by atoms with Crippen molar-refractivity contribution in [2.24, 2.45) is 0 Å². The molecule has 0 fully saturated rings. The van der Waals surface area contributed by atoms with Crippen LogP contribution in [0.4, 0.5) is 0 Å². The lowest BCUT2D eigenvalue weighted by Gasteiger charge is -2.00. The van der Waals surface area contributed by atoms with Gasteiger partial charge in [0.25, 0.3) is 0 Å². The van der Waals surface area contributed by atoms with Crippen molar-refractivity contribution in [3.05, 3.63) is 70.0 Å². The summed E-state index contributed by atoms with van der Waals surface area (Å²) < 4.78 is 0. The minimum absolute atomic E-state index is 0.188. The maximum Gasteiger partial charge on any atom is 0.204 e. The Balaban J connectivity index is 2.24. The zero-order valence-corrected chi connectivity index (χ0v) is 10.8. The first kappa shape index (κ1) is 12.8. The summed E-state index contributed by atoms with van der Waals surface area (Å²) in [5.74, 6) is -0.188. The summed E-state index contributed by atoms with van der Waals surface area (Å²) in [5.41, 5.74) is 1.02. The van der Waals surface area contributed by atoms with Gasteiger partial charge in [-0.25, -0.2) is 0 Å². The molecule has 0 radical (unpaired) electrons. The first-order valence-corrected chi connectivity index (χ1v) is 6.01. The SMILES string of the molecule is O=C(C=Cc1c(Cl)cccc1Cl)c1ccccn1. The molecule has 0 aliphatic heterocycles. The van der Waals surface area contributed by atoms with E-state index in [1.165, 1.54) is 6.08 Å². The summed E-state index contributed by atoms with van der Waals surface area (Å²) in [4.78, 5) is 15.8. The molecule has 0 unspecified atom stereocenters. The Bertz CT molecular complexity index is 574. The number of allylic oxidation sites excluding steroid dienone is 1. The fourth-order valence-electron chi connectivity index (χ4n) is 1.42. The Labute approximate surface area is 115 Å². The van der Waals surface area contributed by atoms with Gasteiger partial charge in [-0.1, -0.05) is 35.3 Å². The number of rotatable bonds is 3. The van der Waals surface area contributed by atoms with Gasteiger partial charge in [-0.15, -0.1) is 0 Å². The average Bonchev–Trinajstić information content (AvgIpc) is 2.39. The van der Waals surface area contributed by atoms with E-state index in [0.29, 0.717) is 21.3 Å². The molecule has 1 aromatic carbocycles. The Morgan fingerprint density at radius 2 is 1.78 bits per heavy atom. The van der Waals surface area contributed by atoms with E-state index in [0.717, 1.165) is 0 Å². The molecule has 0 N–H and O–H groups in total. The van der Waals surface area contributed by atoms with Crippen LogP contribution in [0, 0.1) is 0 Å². The number of benzene rings is 1. The molecule has 90 valence electrons. The summed E-state index contributed by atoms with van der Waals surface area (Å²) in [5, 5.41) is 1.01. The Morgan fingerprint density at radius 3 is 2.39 bits per heavy atom. The summed E-state index contributed by atoms with van der Waals surface area (Å²) in [6.07, 6.45) is 4.58. The van der Waals surface area contributed by atoms with Crippen molar-refractivity contribution in [1.82, 2.24) is 4.98 Å². The van der Waals surface area contributed by atoms with Crippen LogP contribution in [0.5, 0.6) is 0 Å². The first-order valence-electron chi connectivity index (χ1n) is 5.26. The summed E-state index contributed by atoms with van der Waals surface area (Å²) in [6.45, 7) is 0. The second-order valence-electron chi connectivity index (χ2n) is 3.55. The van der Waals surface area contributed by atoms with E-state index in [2.05, 4.69) is 4.98 Å². The average molecular weight is 278 g/mol. The predicted molar refractivity (Wildman–Crippen MR) is 74.1 cm³/mol. The molecular weight excluding hydrogens is 269 g/mol.